The Morgan fingerprint density at radius 1 is 1.24 bits per heavy atom. The normalized spacial score (nSPS) is 14.9. The van der Waals surface area contributed by atoms with Gasteiger partial charge in [-0.05, 0) is 47.0 Å². The molecule has 2 unspecified atom stereocenters. The first kappa shape index (κ1) is 20.2. The van der Waals surface area contributed by atoms with Crippen molar-refractivity contribution in [1.82, 2.24) is 10.2 Å². The molecule has 126 valence electrons. The molecule has 1 amide bonds. The molecular formula is C16H34N2O3. The highest BCUT2D eigenvalue weighted by atomic mass is 16.6. The zero-order valence-electron chi connectivity index (χ0n) is 14.8. The second kappa shape index (κ2) is 9.26. The van der Waals surface area contributed by atoms with E-state index in [0.717, 1.165) is 6.42 Å². The molecule has 0 radical (unpaired) electrons. The van der Waals surface area contributed by atoms with E-state index in [4.69, 9.17) is 4.74 Å². The van der Waals surface area contributed by atoms with Gasteiger partial charge in [0.15, 0.2) is 0 Å². The first-order valence-electron chi connectivity index (χ1n) is 7.90. The SMILES string of the molecule is CC(C)CC(C)NCCN(CC(C)O)C(=O)OC(C)(C)C. The van der Waals surface area contributed by atoms with Gasteiger partial charge in [0.1, 0.15) is 5.60 Å². The fourth-order valence-electron chi connectivity index (χ4n) is 2.14. The molecule has 0 heterocycles. The highest BCUT2D eigenvalue weighted by molar-refractivity contribution is 5.68. The van der Waals surface area contributed by atoms with Crippen molar-refractivity contribution in [3.63, 3.8) is 0 Å². The van der Waals surface area contributed by atoms with Crippen LogP contribution in [0.3, 0.4) is 0 Å². The lowest BCUT2D eigenvalue weighted by atomic mass is 10.1. The van der Waals surface area contributed by atoms with Gasteiger partial charge in [0.25, 0.3) is 0 Å². The summed E-state index contributed by atoms with van der Waals surface area (Å²) in [5.41, 5.74) is -0.521. The van der Waals surface area contributed by atoms with Gasteiger partial charge >= 0.3 is 6.09 Å². The summed E-state index contributed by atoms with van der Waals surface area (Å²) < 4.78 is 5.37. The summed E-state index contributed by atoms with van der Waals surface area (Å²) in [4.78, 5) is 13.7. The van der Waals surface area contributed by atoms with Crippen LogP contribution in [0.5, 0.6) is 0 Å². The number of nitrogens with zero attached hydrogens (tertiary/aromatic N) is 1. The van der Waals surface area contributed by atoms with Crippen molar-refractivity contribution in [2.24, 2.45) is 5.92 Å². The molecule has 0 bridgehead atoms. The summed E-state index contributed by atoms with van der Waals surface area (Å²) in [6.45, 7) is 15.2. The summed E-state index contributed by atoms with van der Waals surface area (Å²) in [5, 5.41) is 12.9. The van der Waals surface area contributed by atoms with Crippen molar-refractivity contribution < 1.29 is 14.6 Å². The summed E-state index contributed by atoms with van der Waals surface area (Å²) in [7, 11) is 0. The zero-order valence-corrected chi connectivity index (χ0v) is 14.8. The van der Waals surface area contributed by atoms with E-state index in [1.807, 2.05) is 20.8 Å². The predicted octanol–water partition coefficient (Wildman–Crippen LogP) is 2.63. The molecule has 5 heteroatoms. The van der Waals surface area contributed by atoms with Crippen LogP contribution in [-0.4, -0.2) is 53.5 Å². The van der Waals surface area contributed by atoms with Crippen molar-refractivity contribution in [3.05, 3.63) is 0 Å². The number of carbonyl (C=O) groups excluding carboxylic acids is 1. The molecule has 0 saturated heterocycles. The molecule has 0 aromatic rings. The molecule has 0 aliphatic heterocycles. The molecule has 0 fully saturated rings. The summed E-state index contributed by atoms with van der Waals surface area (Å²) in [6, 6.07) is 0.414. The van der Waals surface area contributed by atoms with Crippen molar-refractivity contribution in [1.29, 1.82) is 0 Å². The molecule has 0 spiro atoms. The Labute approximate surface area is 130 Å². The number of carbonyl (C=O) groups is 1. The number of nitrogens with one attached hydrogen (secondary N) is 1. The first-order valence-corrected chi connectivity index (χ1v) is 7.90. The summed E-state index contributed by atoms with van der Waals surface area (Å²) in [6.07, 6.45) is 0.162. The van der Waals surface area contributed by atoms with E-state index in [1.165, 1.54) is 0 Å². The summed E-state index contributed by atoms with van der Waals surface area (Å²) >= 11 is 0. The van der Waals surface area contributed by atoms with Crippen molar-refractivity contribution in [2.45, 2.75) is 72.6 Å². The van der Waals surface area contributed by atoms with E-state index in [2.05, 4.69) is 26.1 Å². The molecule has 0 saturated carbocycles. The van der Waals surface area contributed by atoms with Crippen LogP contribution in [0.15, 0.2) is 0 Å². The maximum Gasteiger partial charge on any atom is 0.410 e. The van der Waals surface area contributed by atoms with Crippen LogP contribution in [0.25, 0.3) is 0 Å². The minimum atomic E-state index is -0.564. The lowest BCUT2D eigenvalue weighted by Crippen LogP contribution is -2.44. The lowest BCUT2D eigenvalue weighted by molar-refractivity contribution is 0.0163. The molecule has 0 aliphatic rings. The minimum Gasteiger partial charge on any atom is -0.444 e. The van der Waals surface area contributed by atoms with Gasteiger partial charge in [-0.2, -0.15) is 0 Å². The smallest absolute Gasteiger partial charge is 0.410 e. The van der Waals surface area contributed by atoms with Gasteiger partial charge in [0, 0.05) is 25.7 Å². The number of ether oxygens (including phenoxy) is 1. The van der Waals surface area contributed by atoms with Gasteiger partial charge in [-0.1, -0.05) is 13.8 Å². The van der Waals surface area contributed by atoms with Gasteiger partial charge in [-0.3, -0.25) is 0 Å². The number of aliphatic hydroxyl groups is 1. The Kier molecular flexibility index (Phi) is 8.90. The van der Waals surface area contributed by atoms with E-state index in [1.54, 1.807) is 11.8 Å². The molecule has 21 heavy (non-hydrogen) atoms. The molecule has 0 aliphatic carbocycles. The van der Waals surface area contributed by atoms with E-state index >= 15 is 0 Å². The third-order valence-electron chi connectivity index (χ3n) is 2.84. The van der Waals surface area contributed by atoms with E-state index < -0.39 is 11.7 Å². The van der Waals surface area contributed by atoms with Gasteiger partial charge < -0.3 is 20.1 Å². The molecule has 0 rings (SSSR count). The standard InChI is InChI=1S/C16H34N2O3/c1-12(2)10-13(3)17-8-9-18(11-14(4)19)15(20)21-16(5,6)7/h12-14,17,19H,8-11H2,1-7H3. The predicted molar refractivity (Wildman–Crippen MR) is 86.4 cm³/mol. The monoisotopic (exact) mass is 302 g/mol. The first-order chi connectivity index (χ1) is 9.51. The van der Waals surface area contributed by atoms with Crippen LogP contribution >= 0.6 is 0 Å². The molecule has 0 aromatic heterocycles. The van der Waals surface area contributed by atoms with Gasteiger partial charge in [0.05, 0.1) is 6.10 Å². The summed E-state index contributed by atoms with van der Waals surface area (Å²) in [5.74, 6) is 0.645. The van der Waals surface area contributed by atoms with Crippen LogP contribution in [-0.2, 0) is 4.74 Å². The number of amides is 1. The Balaban J connectivity index is 4.33. The Bertz CT molecular complexity index is 298. The van der Waals surface area contributed by atoms with Crippen molar-refractivity contribution in [2.75, 3.05) is 19.6 Å². The molecular weight excluding hydrogens is 268 g/mol. The van der Waals surface area contributed by atoms with E-state index in [9.17, 15) is 9.90 Å². The van der Waals surface area contributed by atoms with Gasteiger partial charge in [0.2, 0.25) is 0 Å². The largest absolute Gasteiger partial charge is 0.444 e. The third-order valence-corrected chi connectivity index (χ3v) is 2.84. The van der Waals surface area contributed by atoms with Crippen LogP contribution in [0.4, 0.5) is 4.79 Å². The average Bonchev–Trinajstić information content (AvgIpc) is 2.23. The fraction of sp³-hybridized carbons (Fsp3) is 0.938. The maximum absolute atomic E-state index is 12.1. The van der Waals surface area contributed by atoms with Gasteiger partial charge in [-0.25, -0.2) is 4.79 Å². The quantitative estimate of drug-likeness (QED) is 0.723. The van der Waals surface area contributed by atoms with Crippen molar-refractivity contribution in [3.8, 4) is 0 Å². The zero-order chi connectivity index (χ0) is 16.6. The number of aliphatic hydroxyl groups excluding tert-OH is 1. The van der Waals surface area contributed by atoms with Crippen LogP contribution in [0.2, 0.25) is 0 Å². The fourth-order valence-corrected chi connectivity index (χ4v) is 2.14. The second-order valence-electron chi connectivity index (χ2n) is 7.26. The molecule has 2 atom stereocenters. The lowest BCUT2D eigenvalue weighted by Gasteiger charge is -2.29. The molecule has 5 nitrogen and oxygen atoms in total. The van der Waals surface area contributed by atoms with Gasteiger partial charge in [-0.15, -0.1) is 0 Å². The maximum atomic E-state index is 12.1. The second-order valence-corrected chi connectivity index (χ2v) is 7.26. The number of hydrogen-bond donors (Lipinski definition) is 2. The Hall–Kier alpha value is -0.810. The Morgan fingerprint density at radius 2 is 1.81 bits per heavy atom. The highest BCUT2D eigenvalue weighted by Crippen LogP contribution is 2.10. The number of rotatable bonds is 8. The average molecular weight is 302 g/mol. The van der Waals surface area contributed by atoms with Crippen molar-refractivity contribution >= 4 is 6.09 Å². The molecule has 0 aromatic carbocycles. The van der Waals surface area contributed by atoms with E-state index in [0.29, 0.717) is 25.0 Å². The van der Waals surface area contributed by atoms with Crippen LogP contribution < -0.4 is 5.32 Å². The number of hydrogen-bond acceptors (Lipinski definition) is 4. The third kappa shape index (κ3) is 11.5. The van der Waals surface area contributed by atoms with E-state index in [-0.39, 0.29) is 12.6 Å². The van der Waals surface area contributed by atoms with Crippen LogP contribution in [0.1, 0.15) is 54.9 Å². The van der Waals surface area contributed by atoms with Crippen LogP contribution in [0, 0.1) is 5.92 Å². The topological polar surface area (TPSA) is 61.8 Å². The molecule has 2 N–H and O–H groups in total. The highest BCUT2D eigenvalue weighted by Gasteiger charge is 2.22. The Morgan fingerprint density at radius 3 is 2.24 bits per heavy atom. The minimum absolute atomic E-state index is 0.287.